The Morgan fingerprint density at radius 2 is 2.06 bits per heavy atom. The van der Waals surface area contributed by atoms with Gasteiger partial charge in [0.25, 0.3) is 0 Å². The third-order valence-corrected chi connectivity index (χ3v) is 3.83. The van der Waals surface area contributed by atoms with Gasteiger partial charge in [0.2, 0.25) is 0 Å². The van der Waals surface area contributed by atoms with Gasteiger partial charge < -0.3 is 10.5 Å². The normalized spacial score (nSPS) is 21.7. The highest BCUT2D eigenvalue weighted by Crippen LogP contribution is 2.26. The van der Waals surface area contributed by atoms with Crippen molar-refractivity contribution in [1.29, 1.82) is 0 Å². The minimum Gasteiger partial charge on any atom is -0.378 e. The molecule has 1 fully saturated rings. The lowest BCUT2D eigenvalue weighted by Gasteiger charge is -2.17. The van der Waals surface area contributed by atoms with Crippen LogP contribution in [-0.4, -0.2) is 18.8 Å². The van der Waals surface area contributed by atoms with Crippen molar-refractivity contribution >= 4 is 23.2 Å². The van der Waals surface area contributed by atoms with Crippen LogP contribution in [0.5, 0.6) is 0 Å². The van der Waals surface area contributed by atoms with Gasteiger partial charge in [-0.1, -0.05) is 29.3 Å². The molecule has 4 heteroatoms. The molecule has 2 unspecified atom stereocenters. The highest BCUT2D eigenvalue weighted by molar-refractivity contribution is 6.35. The Morgan fingerprint density at radius 3 is 2.65 bits per heavy atom. The Morgan fingerprint density at radius 1 is 1.35 bits per heavy atom. The van der Waals surface area contributed by atoms with E-state index in [1.54, 1.807) is 0 Å². The third-order valence-electron chi connectivity index (χ3n) is 3.12. The summed E-state index contributed by atoms with van der Waals surface area (Å²) in [5.41, 5.74) is 7.07. The molecule has 94 valence electrons. The van der Waals surface area contributed by atoms with E-state index in [4.69, 9.17) is 33.7 Å². The maximum Gasteiger partial charge on any atom is 0.0590 e. The molecular weight excluding hydrogens is 257 g/mol. The Kier molecular flexibility index (Phi) is 4.69. The topological polar surface area (TPSA) is 35.2 Å². The van der Waals surface area contributed by atoms with Gasteiger partial charge in [0.15, 0.2) is 0 Å². The second kappa shape index (κ2) is 6.05. The van der Waals surface area contributed by atoms with Gasteiger partial charge >= 0.3 is 0 Å². The first kappa shape index (κ1) is 13.2. The monoisotopic (exact) mass is 273 g/mol. The van der Waals surface area contributed by atoms with Crippen molar-refractivity contribution in [1.82, 2.24) is 0 Å². The van der Waals surface area contributed by atoms with E-state index in [0.29, 0.717) is 22.6 Å². The summed E-state index contributed by atoms with van der Waals surface area (Å²) < 4.78 is 5.58. The Hall–Kier alpha value is -0.280. The summed E-state index contributed by atoms with van der Waals surface area (Å²) in [6.45, 7) is 0.865. The van der Waals surface area contributed by atoms with E-state index in [1.807, 2.05) is 18.2 Å². The number of ether oxygens (including phenoxy) is 1. The maximum atomic E-state index is 6.13. The smallest absolute Gasteiger partial charge is 0.0590 e. The zero-order chi connectivity index (χ0) is 12.3. The van der Waals surface area contributed by atoms with Crippen molar-refractivity contribution in [2.75, 3.05) is 6.61 Å². The molecule has 1 aromatic carbocycles. The number of hydrogen-bond donors (Lipinski definition) is 1. The molecule has 1 heterocycles. The fourth-order valence-corrected chi connectivity index (χ4v) is 2.79. The summed E-state index contributed by atoms with van der Waals surface area (Å²) in [6, 6.07) is 5.60. The number of halogens is 2. The third kappa shape index (κ3) is 3.59. The molecule has 1 aliphatic rings. The molecule has 1 aliphatic heterocycles. The number of hydrogen-bond acceptors (Lipinski definition) is 2. The summed E-state index contributed by atoms with van der Waals surface area (Å²) in [6.07, 6.45) is 4.15. The molecule has 2 rings (SSSR count). The van der Waals surface area contributed by atoms with Crippen molar-refractivity contribution in [3.63, 3.8) is 0 Å². The van der Waals surface area contributed by atoms with Gasteiger partial charge in [0.1, 0.15) is 0 Å². The molecule has 0 amide bonds. The maximum absolute atomic E-state index is 6.13. The average molecular weight is 274 g/mol. The van der Waals surface area contributed by atoms with Crippen molar-refractivity contribution in [2.45, 2.75) is 37.8 Å². The predicted molar refractivity (Wildman–Crippen MR) is 71.7 cm³/mol. The highest BCUT2D eigenvalue weighted by Gasteiger charge is 2.20. The molecule has 2 nitrogen and oxygen atoms in total. The minimum atomic E-state index is 0.0514. The molecule has 0 spiro atoms. The van der Waals surface area contributed by atoms with Gasteiger partial charge in [-0.25, -0.2) is 0 Å². The molecule has 2 atom stereocenters. The van der Waals surface area contributed by atoms with Crippen molar-refractivity contribution in [3.05, 3.63) is 33.8 Å². The molecule has 1 aromatic rings. The molecular formula is C13H17Cl2NO. The van der Waals surface area contributed by atoms with Crippen LogP contribution < -0.4 is 5.73 Å². The molecule has 0 bridgehead atoms. The van der Waals surface area contributed by atoms with E-state index < -0.39 is 0 Å². The molecule has 0 saturated carbocycles. The van der Waals surface area contributed by atoms with Crippen LogP contribution >= 0.6 is 23.2 Å². The SMILES string of the molecule is NC(Cc1c(Cl)cccc1Cl)CC1CCCO1. The Balaban J connectivity index is 1.95. The van der Waals surface area contributed by atoms with Crippen LogP contribution in [-0.2, 0) is 11.2 Å². The second-order valence-corrected chi connectivity index (χ2v) is 5.35. The van der Waals surface area contributed by atoms with E-state index >= 15 is 0 Å². The van der Waals surface area contributed by atoms with Crippen LogP contribution in [0.25, 0.3) is 0 Å². The van der Waals surface area contributed by atoms with Crippen LogP contribution in [0, 0.1) is 0 Å². The summed E-state index contributed by atoms with van der Waals surface area (Å²) in [4.78, 5) is 0. The first-order chi connectivity index (χ1) is 8.16. The first-order valence-electron chi connectivity index (χ1n) is 5.97. The zero-order valence-electron chi connectivity index (χ0n) is 9.66. The quantitative estimate of drug-likeness (QED) is 0.912. The van der Waals surface area contributed by atoms with Crippen LogP contribution in [0.15, 0.2) is 18.2 Å². The lowest BCUT2D eigenvalue weighted by atomic mass is 10.00. The van der Waals surface area contributed by atoms with Crippen molar-refractivity contribution < 1.29 is 4.74 Å². The van der Waals surface area contributed by atoms with Gasteiger partial charge in [-0.3, -0.25) is 0 Å². The first-order valence-corrected chi connectivity index (χ1v) is 6.72. The molecule has 0 aromatic heterocycles. The molecule has 17 heavy (non-hydrogen) atoms. The molecule has 1 saturated heterocycles. The van der Waals surface area contributed by atoms with Gasteiger partial charge in [0, 0.05) is 22.7 Å². The van der Waals surface area contributed by atoms with E-state index in [0.717, 1.165) is 31.4 Å². The summed E-state index contributed by atoms with van der Waals surface area (Å²) in [5, 5.41) is 1.39. The zero-order valence-corrected chi connectivity index (χ0v) is 11.2. The van der Waals surface area contributed by atoms with E-state index in [1.165, 1.54) is 0 Å². The van der Waals surface area contributed by atoms with Crippen molar-refractivity contribution in [3.8, 4) is 0 Å². The molecule has 0 aliphatic carbocycles. The predicted octanol–water partition coefficient (Wildman–Crippen LogP) is 3.43. The van der Waals surface area contributed by atoms with Crippen LogP contribution in [0.2, 0.25) is 10.0 Å². The average Bonchev–Trinajstić information content (AvgIpc) is 2.76. The summed E-state index contributed by atoms with van der Waals surface area (Å²) in [5.74, 6) is 0. The number of nitrogens with two attached hydrogens (primary N) is 1. The second-order valence-electron chi connectivity index (χ2n) is 4.54. The van der Waals surface area contributed by atoms with Gasteiger partial charge in [-0.15, -0.1) is 0 Å². The van der Waals surface area contributed by atoms with E-state index in [9.17, 15) is 0 Å². The highest BCUT2D eigenvalue weighted by atomic mass is 35.5. The van der Waals surface area contributed by atoms with Crippen molar-refractivity contribution in [2.24, 2.45) is 5.73 Å². The fourth-order valence-electron chi connectivity index (χ4n) is 2.24. The lowest BCUT2D eigenvalue weighted by Crippen LogP contribution is -2.28. The van der Waals surface area contributed by atoms with Crippen LogP contribution in [0.4, 0.5) is 0 Å². The number of benzene rings is 1. The van der Waals surface area contributed by atoms with E-state index in [-0.39, 0.29) is 6.04 Å². The van der Waals surface area contributed by atoms with Gasteiger partial charge in [-0.2, -0.15) is 0 Å². The summed E-state index contributed by atoms with van der Waals surface area (Å²) in [7, 11) is 0. The van der Waals surface area contributed by atoms with Crippen LogP contribution in [0.3, 0.4) is 0 Å². The van der Waals surface area contributed by atoms with Crippen LogP contribution in [0.1, 0.15) is 24.8 Å². The largest absolute Gasteiger partial charge is 0.378 e. The fraction of sp³-hybridized carbons (Fsp3) is 0.538. The Labute approximate surface area is 112 Å². The molecule has 2 N–H and O–H groups in total. The Bertz CT molecular complexity index is 357. The lowest BCUT2D eigenvalue weighted by molar-refractivity contribution is 0.0983. The number of rotatable bonds is 4. The van der Waals surface area contributed by atoms with E-state index in [2.05, 4.69) is 0 Å². The van der Waals surface area contributed by atoms with Gasteiger partial charge in [0.05, 0.1) is 6.10 Å². The molecule has 0 radical (unpaired) electrons. The summed E-state index contributed by atoms with van der Waals surface area (Å²) >= 11 is 12.2. The standard InChI is InChI=1S/C13H17Cl2NO/c14-12-4-1-5-13(15)11(12)8-9(16)7-10-3-2-6-17-10/h1,4-5,9-10H,2-3,6-8,16H2. The minimum absolute atomic E-state index is 0.0514. The van der Waals surface area contributed by atoms with Gasteiger partial charge in [-0.05, 0) is 43.4 Å².